The molecule has 0 radical (unpaired) electrons. The highest BCUT2D eigenvalue weighted by Crippen LogP contribution is 2.40. The van der Waals surface area contributed by atoms with E-state index in [1.807, 2.05) is 6.92 Å². The third kappa shape index (κ3) is 12.5. The molecule has 1 saturated carbocycles. The van der Waals surface area contributed by atoms with Crippen LogP contribution in [0.5, 0.6) is 0 Å². The molecule has 31 heavy (non-hydrogen) atoms. The van der Waals surface area contributed by atoms with Crippen LogP contribution in [0.1, 0.15) is 129 Å². The maximum Gasteiger partial charge on any atom is 0.309 e. The van der Waals surface area contributed by atoms with Crippen LogP contribution in [0.3, 0.4) is 0 Å². The minimum absolute atomic E-state index is 0.162. The first kappa shape index (κ1) is 28.0. The van der Waals surface area contributed by atoms with Gasteiger partial charge in [-0.15, -0.1) is 0 Å². The zero-order valence-corrected chi connectivity index (χ0v) is 20.8. The molecular weight excluding hydrogens is 388 g/mol. The van der Waals surface area contributed by atoms with Crippen LogP contribution in [-0.4, -0.2) is 25.7 Å². The molecule has 0 amide bonds. The van der Waals surface area contributed by atoms with E-state index in [0.29, 0.717) is 12.5 Å². The van der Waals surface area contributed by atoms with E-state index in [4.69, 9.17) is 9.47 Å². The molecule has 0 aliphatic heterocycles. The molecule has 0 aromatic heterocycles. The molecular formula is C27H50O4. The summed E-state index contributed by atoms with van der Waals surface area (Å²) in [7, 11) is 1.40. The molecule has 0 aromatic rings. The SMILES string of the molecule is CCCCCCCCCCCCCCC1CCCCC1C(CC(=O)OC)C(=O)OCC. The molecule has 0 aromatic carbocycles. The van der Waals surface area contributed by atoms with Gasteiger partial charge in [0.1, 0.15) is 0 Å². The highest BCUT2D eigenvalue weighted by atomic mass is 16.5. The Kier molecular flexibility index (Phi) is 16.7. The lowest BCUT2D eigenvalue weighted by atomic mass is 9.69. The fraction of sp³-hybridized carbons (Fsp3) is 0.926. The second kappa shape index (κ2) is 18.5. The zero-order chi connectivity index (χ0) is 22.7. The van der Waals surface area contributed by atoms with Crippen molar-refractivity contribution in [1.29, 1.82) is 0 Å². The molecule has 1 rings (SSSR count). The van der Waals surface area contributed by atoms with Gasteiger partial charge in [0, 0.05) is 0 Å². The second-order valence-electron chi connectivity index (χ2n) is 9.52. The normalized spacial score (nSPS) is 19.7. The van der Waals surface area contributed by atoms with Crippen LogP contribution in [0.4, 0.5) is 0 Å². The summed E-state index contributed by atoms with van der Waals surface area (Å²) in [6.07, 6.45) is 22.3. The minimum Gasteiger partial charge on any atom is -0.469 e. The summed E-state index contributed by atoms with van der Waals surface area (Å²) in [5.41, 5.74) is 0. The van der Waals surface area contributed by atoms with E-state index in [1.165, 1.54) is 103 Å². The summed E-state index contributed by atoms with van der Waals surface area (Å²) in [6.45, 7) is 4.47. The van der Waals surface area contributed by atoms with Crippen LogP contribution in [0.15, 0.2) is 0 Å². The standard InChI is InChI=1S/C27H50O4/c1-4-6-7-8-9-10-11-12-13-14-15-16-19-23-20-17-18-21-24(23)25(22-26(28)30-3)27(29)31-5-2/h23-25H,4-22H2,1-3H3. The van der Waals surface area contributed by atoms with Crippen molar-refractivity contribution in [2.45, 2.75) is 129 Å². The van der Waals surface area contributed by atoms with E-state index in [1.54, 1.807) is 0 Å². The van der Waals surface area contributed by atoms with Crippen LogP contribution in [-0.2, 0) is 19.1 Å². The van der Waals surface area contributed by atoms with Gasteiger partial charge in [-0.2, -0.15) is 0 Å². The predicted octanol–water partition coefficient (Wildman–Crippen LogP) is 7.63. The summed E-state index contributed by atoms with van der Waals surface area (Å²) in [5.74, 6) is -0.0437. The van der Waals surface area contributed by atoms with E-state index in [9.17, 15) is 9.59 Å². The Labute approximate surface area is 192 Å². The van der Waals surface area contributed by atoms with Crippen molar-refractivity contribution < 1.29 is 19.1 Å². The summed E-state index contributed by atoms with van der Waals surface area (Å²) in [6, 6.07) is 0. The van der Waals surface area contributed by atoms with Gasteiger partial charge in [-0.25, -0.2) is 0 Å². The van der Waals surface area contributed by atoms with E-state index in [-0.39, 0.29) is 30.2 Å². The first-order valence-electron chi connectivity index (χ1n) is 13.4. The smallest absolute Gasteiger partial charge is 0.309 e. The summed E-state index contributed by atoms with van der Waals surface area (Å²) in [5, 5.41) is 0. The zero-order valence-electron chi connectivity index (χ0n) is 20.8. The van der Waals surface area contributed by atoms with Gasteiger partial charge in [0.05, 0.1) is 26.1 Å². The number of hydrogen-bond donors (Lipinski definition) is 0. The van der Waals surface area contributed by atoms with Gasteiger partial charge in [-0.3, -0.25) is 9.59 Å². The Morgan fingerprint density at radius 2 is 1.35 bits per heavy atom. The molecule has 1 aliphatic rings. The van der Waals surface area contributed by atoms with Crippen molar-refractivity contribution in [3.63, 3.8) is 0 Å². The van der Waals surface area contributed by atoms with Gasteiger partial charge >= 0.3 is 11.9 Å². The molecule has 1 fully saturated rings. The molecule has 0 bridgehead atoms. The topological polar surface area (TPSA) is 52.6 Å². The van der Waals surface area contributed by atoms with Crippen LogP contribution in [0.25, 0.3) is 0 Å². The molecule has 0 heterocycles. The monoisotopic (exact) mass is 438 g/mol. The van der Waals surface area contributed by atoms with Crippen molar-refractivity contribution in [2.24, 2.45) is 17.8 Å². The first-order valence-corrected chi connectivity index (χ1v) is 13.4. The maximum atomic E-state index is 12.6. The molecule has 4 nitrogen and oxygen atoms in total. The number of unbranched alkanes of at least 4 members (excludes halogenated alkanes) is 11. The lowest BCUT2D eigenvalue weighted by molar-refractivity contribution is -0.157. The Balaban J connectivity index is 2.29. The summed E-state index contributed by atoms with van der Waals surface area (Å²) >= 11 is 0. The number of esters is 2. The second-order valence-corrected chi connectivity index (χ2v) is 9.52. The van der Waals surface area contributed by atoms with Crippen molar-refractivity contribution in [1.82, 2.24) is 0 Å². The lowest BCUT2D eigenvalue weighted by Crippen LogP contribution is -2.35. The molecule has 3 unspecified atom stereocenters. The fourth-order valence-electron chi connectivity index (χ4n) is 5.29. The van der Waals surface area contributed by atoms with E-state index in [2.05, 4.69) is 6.92 Å². The maximum absolute atomic E-state index is 12.6. The third-order valence-corrected chi connectivity index (χ3v) is 7.12. The van der Waals surface area contributed by atoms with Crippen molar-refractivity contribution in [3.05, 3.63) is 0 Å². The average Bonchev–Trinajstić information content (AvgIpc) is 2.78. The fourth-order valence-corrected chi connectivity index (χ4v) is 5.29. The van der Waals surface area contributed by atoms with Crippen LogP contribution >= 0.6 is 0 Å². The molecule has 0 saturated heterocycles. The van der Waals surface area contributed by atoms with Gasteiger partial charge in [0.15, 0.2) is 0 Å². The highest BCUT2D eigenvalue weighted by molar-refractivity contribution is 5.80. The quantitative estimate of drug-likeness (QED) is 0.163. The molecule has 3 atom stereocenters. The van der Waals surface area contributed by atoms with Crippen molar-refractivity contribution >= 4 is 11.9 Å². The van der Waals surface area contributed by atoms with Gasteiger partial charge in [-0.05, 0) is 25.2 Å². The summed E-state index contributed by atoms with van der Waals surface area (Å²) < 4.78 is 10.2. The molecule has 1 aliphatic carbocycles. The number of rotatable bonds is 18. The van der Waals surface area contributed by atoms with Crippen LogP contribution < -0.4 is 0 Å². The first-order chi connectivity index (χ1) is 15.1. The number of ether oxygens (including phenoxy) is 2. The van der Waals surface area contributed by atoms with Crippen LogP contribution in [0.2, 0.25) is 0 Å². The average molecular weight is 439 g/mol. The third-order valence-electron chi connectivity index (χ3n) is 7.12. The molecule has 4 heteroatoms. The predicted molar refractivity (Wildman–Crippen MR) is 128 cm³/mol. The van der Waals surface area contributed by atoms with E-state index < -0.39 is 0 Å². The Morgan fingerprint density at radius 1 is 0.806 bits per heavy atom. The molecule has 182 valence electrons. The highest BCUT2D eigenvalue weighted by Gasteiger charge is 2.37. The van der Waals surface area contributed by atoms with E-state index >= 15 is 0 Å². The van der Waals surface area contributed by atoms with Gasteiger partial charge in [-0.1, -0.05) is 110 Å². The Hall–Kier alpha value is -1.06. The van der Waals surface area contributed by atoms with Gasteiger partial charge in [0.25, 0.3) is 0 Å². The van der Waals surface area contributed by atoms with Crippen molar-refractivity contribution in [2.75, 3.05) is 13.7 Å². The van der Waals surface area contributed by atoms with Gasteiger partial charge in [0.2, 0.25) is 0 Å². The largest absolute Gasteiger partial charge is 0.469 e. The van der Waals surface area contributed by atoms with Crippen molar-refractivity contribution in [3.8, 4) is 0 Å². The number of carbonyl (C=O) groups is 2. The number of carbonyl (C=O) groups excluding carboxylic acids is 2. The minimum atomic E-state index is -0.338. The van der Waals surface area contributed by atoms with Crippen LogP contribution in [0, 0.1) is 17.8 Å². The Morgan fingerprint density at radius 3 is 1.90 bits per heavy atom. The van der Waals surface area contributed by atoms with E-state index in [0.717, 1.165) is 12.8 Å². The Bertz CT molecular complexity index is 462. The number of methoxy groups -OCH3 is 1. The summed E-state index contributed by atoms with van der Waals surface area (Å²) in [4.78, 5) is 24.5. The molecule has 0 spiro atoms. The molecule has 0 N–H and O–H groups in total. The lowest BCUT2D eigenvalue weighted by Gasteiger charge is -2.36. The number of hydrogen-bond acceptors (Lipinski definition) is 4. The van der Waals surface area contributed by atoms with Gasteiger partial charge < -0.3 is 9.47 Å².